The molecule has 0 atom stereocenters. The minimum Gasteiger partial charge on any atom is -0.456 e. The third-order valence-electron chi connectivity index (χ3n) is 27.1. The van der Waals surface area contributed by atoms with E-state index in [-0.39, 0.29) is 10.8 Å². The van der Waals surface area contributed by atoms with Gasteiger partial charge in [0.2, 0.25) is 0 Å². The molecule has 0 radical (unpaired) electrons. The molecule has 0 fully saturated rings. The molecule has 0 spiro atoms. The van der Waals surface area contributed by atoms with Crippen molar-refractivity contribution < 1.29 is 8.83 Å². The van der Waals surface area contributed by atoms with Crippen molar-refractivity contribution in [2.45, 2.75) is 79.6 Å². The monoisotopic (exact) mass is 1620 g/mol. The Morgan fingerprint density at radius 3 is 1.17 bits per heavy atom. The van der Waals surface area contributed by atoms with Crippen LogP contribution in [0.2, 0.25) is 0 Å². The maximum absolute atomic E-state index is 6.03. The van der Waals surface area contributed by atoms with Crippen LogP contribution in [0, 0.1) is 34.6 Å². The van der Waals surface area contributed by atoms with Crippen molar-refractivity contribution in [2.75, 3.05) is 0 Å². The van der Waals surface area contributed by atoms with Gasteiger partial charge in [0.1, 0.15) is 22.3 Å². The van der Waals surface area contributed by atoms with Crippen molar-refractivity contribution in [3.63, 3.8) is 0 Å². The van der Waals surface area contributed by atoms with Crippen LogP contribution in [0.5, 0.6) is 0 Å². The molecule has 27 rings (SSSR count). The summed E-state index contributed by atoms with van der Waals surface area (Å²) in [5.74, 6) is 0. The predicted octanol–water partition coefficient (Wildman–Crippen LogP) is 32.3. The fourth-order valence-corrected chi connectivity index (χ4v) is 21.2. The highest BCUT2D eigenvalue weighted by atomic mass is 16.3. The van der Waals surface area contributed by atoms with E-state index in [0.29, 0.717) is 0 Å². The standard InChI is InChI=1S/C31H22N2.2C28H23N.C20H14O.C13H10O/c1-21-16-17-29-25(18-21)27-19-26-24-14-8-9-15-28(24)32(22-10-4-2-5-11-22)30(26)20-31(27)33(29)23-12-6-3-7-13-23;1-18-13-16-25-23(17-18)22-15-14-21-20-11-7-8-12-24(20)28(2,3)26(21)27(22)29(25)19-9-5-4-6-10-19;1-18-13-14-26-22(15-18)23-16-21-20-11-7-8-12-24(20)28(2,3)25(21)17-27(23)29(26)19-9-5-4-6-10-19;1-12-6-7-19-17(8-12)18-11-16-14(10-20(18)21-19)9-13-4-2-3-5-15(13)16;1-9-6-7-13-11(8-9)10-4-2-3-5-12(10)14-13/h2-20H,1H3;2*4-17H,1-3H3;2-8,10-11H,9H2,1H3;2-8H,1H3. The molecule has 6 heterocycles. The lowest BCUT2D eigenvalue weighted by Crippen LogP contribution is -2.16. The molecule has 0 bridgehead atoms. The molecule has 18 aromatic carbocycles. The molecule has 3 aliphatic rings. The smallest absolute Gasteiger partial charge is 0.135 e. The molecule has 6 heteroatoms. The number of aryl methyl sites for hydroxylation is 5. The molecule has 0 aliphatic heterocycles. The van der Waals surface area contributed by atoms with E-state index in [1.807, 2.05) is 24.3 Å². The van der Waals surface area contributed by atoms with E-state index in [4.69, 9.17) is 8.83 Å². The zero-order valence-electron chi connectivity index (χ0n) is 72.2. The predicted molar refractivity (Wildman–Crippen MR) is 531 cm³/mol. The van der Waals surface area contributed by atoms with Crippen LogP contribution < -0.4 is 0 Å². The van der Waals surface area contributed by atoms with E-state index >= 15 is 0 Å². The maximum atomic E-state index is 6.03. The van der Waals surface area contributed by atoms with Crippen molar-refractivity contribution >= 4 is 131 Å². The largest absolute Gasteiger partial charge is 0.456 e. The van der Waals surface area contributed by atoms with Crippen molar-refractivity contribution in [1.29, 1.82) is 0 Å². The summed E-state index contributed by atoms with van der Waals surface area (Å²) in [6.45, 7) is 20.2. The van der Waals surface area contributed by atoms with Crippen molar-refractivity contribution in [1.82, 2.24) is 18.3 Å². The highest BCUT2D eigenvalue weighted by Crippen LogP contribution is 2.55. The molecular weight excluding hydrogens is 1530 g/mol. The topological polar surface area (TPSA) is 46.0 Å². The molecule has 0 N–H and O–H groups in total. The summed E-state index contributed by atoms with van der Waals surface area (Å²) in [5.41, 5.74) is 41.9. The lowest BCUT2D eigenvalue weighted by Gasteiger charge is -2.23. The summed E-state index contributed by atoms with van der Waals surface area (Å²) in [6, 6.07) is 138. The van der Waals surface area contributed by atoms with E-state index < -0.39 is 0 Å². The number of fused-ring (bicyclic) bond motifs is 28. The summed E-state index contributed by atoms with van der Waals surface area (Å²) in [6.07, 6.45) is 1.01. The number of hydrogen-bond acceptors (Lipinski definition) is 2. The summed E-state index contributed by atoms with van der Waals surface area (Å²) in [7, 11) is 0. The number of para-hydroxylation sites is 6. The highest BCUT2D eigenvalue weighted by Gasteiger charge is 2.40. The number of benzene rings is 18. The maximum Gasteiger partial charge on any atom is 0.135 e. The Bertz CT molecular complexity index is 8530. The quantitative estimate of drug-likeness (QED) is 0.176. The van der Waals surface area contributed by atoms with Gasteiger partial charge in [0.15, 0.2) is 0 Å². The lowest BCUT2D eigenvalue weighted by molar-refractivity contribution is 0.661. The van der Waals surface area contributed by atoms with Crippen LogP contribution in [0.1, 0.15) is 88.9 Å². The van der Waals surface area contributed by atoms with Crippen LogP contribution in [0.15, 0.2) is 391 Å². The van der Waals surface area contributed by atoms with Crippen molar-refractivity contribution in [2.24, 2.45) is 0 Å². The van der Waals surface area contributed by atoms with E-state index in [1.54, 1.807) is 0 Å². The molecule has 24 aromatic rings. The first-order chi connectivity index (χ1) is 61.6. The number of hydrogen-bond donors (Lipinski definition) is 0. The van der Waals surface area contributed by atoms with Crippen LogP contribution in [0.25, 0.3) is 187 Å². The van der Waals surface area contributed by atoms with E-state index in [2.05, 4.69) is 438 Å². The second-order valence-corrected chi connectivity index (χ2v) is 35.8. The van der Waals surface area contributed by atoms with Crippen LogP contribution in [0.3, 0.4) is 0 Å². The van der Waals surface area contributed by atoms with E-state index in [1.165, 1.54) is 226 Å². The zero-order chi connectivity index (χ0) is 85.0. The first-order valence-electron chi connectivity index (χ1n) is 44.1. The molecule has 126 heavy (non-hydrogen) atoms. The number of aromatic nitrogens is 4. The average Bonchev–Trinajstić information content (AvgIpc) is 1.54. The van der Waals surface area contributed by atoms with Gasteiger partial charge in [-0.3, -0.25) is 0 Å². The fourth-order valence-electron chi connectivity index (χ4n) is 21.2. The normalized spacial score (nSPS) is 13.1. The van der Waals surface area contributed by atoms with Gasteiger partial charge >= 0.3 is 0 Å². The minimum absolute atomic E-state index is 0.00794. The third kappa shape index (κ3) is 12.2. The molecule has 0 saturated carbocycles. The molecule has 0 amide bonds. The SMILES string of the molecule is Cc1ccc2c(c1)c1cc3c(cc1n2-c1ccccc1)C(C)(C)c1ccccc1-3.Cc1ccc2c(c1)c1cc3c4ccccc4n(-c4ccccc4)c3cc1n2-c1ccccc1.Cc1ccc2c(c1)c1ccc3c(c1n2-c1ccccc1)C(C)(C)c1ccccc1-3.Cc1ccc2oc3cc4c(cc3c2c1)-c1ccccc1C4.Cc1ccc2oc3ccccc3c2c1. The van der Waals surface area contributed by atoms with Gasteiger partial charge in [-0.05, 0) is 266 Å². The molecule has 0 unspecified atom stereocenters. The van der Waals surface area contributed by atoms with Gasteiger partial charge in [-0.1, -0.05) is 280 Å². The molecular formula is C120H92N4O2. The average molecular weight is 1620 g/mol. The minimum atomic E-state index is -0.0403. The van der Waals surface area contributed by atoms with Gasteiger partial charge in [0.25, 0.3) is 0 Å². The Labute approximate surface area is 732 Å². The second kappa shape index (κ2) is 29.5. The Morgan fingerprint density at radius 1 is 0.206 bits per heavy atom. The van der Waals surface area contributed by atoms with Crippen LogP contribution in [-0.2, 0) is 17.3 Å². The highest BCUT2D eigenvalue weighted by molar-refractivity contribution is 6.20. The molecule has 6 nitrogen and oxygen atoms in total. The third-order valence-corrected chi connectivity index (χ3v) is 27.1. The van der Waals surface area contributed by atoms with Crippen LogP contribution in [-0.4, -0.2) is 18.3 Å². The first-order valence-corrected chi connectivity index (χ1v) is 44.1. The Kier molecular flexibility index (Phi) is 17.7. The zero-order valence-corrected chi connectivity index (χ0v) is 72.2. The summed E-state index contributed by atoms with van der Waals surface area (Å²) >= 11 is 0. The summed E-state index contributed by atoms with van der Waals surface area (Å²) in [4.78, 5) is 0. The van der Waals surface area contributed by atoms with Crippen LogP contribution in [0.4, 0.5) is 0 Å². The van der Waals surface area contributed by atoms with Gasteiger partial charge in [-0.25, -0.2) is 0 Å². The molecule has 6 aromatic heterocycles. The second-order valence-electron chi connectivity index (χ2n) is 35.8. The number of furan rings is 2. The van der Waals surface area contributed by atoms with E-state index in [0.717, 1.165) is 28.8 Å². The van der Waals surface area contributed by atoms with Gasteiger partial charge in [-0.2, -0.15) is 0 Å². The molecule has 3 aliphatic carbocycles. The lowest BCUT2D eigenvalue weighted by atomic mass is 9.81. The van der Waals surface area contributed by atoms with Crippen molar-refractivity contribution in [3.8, 4) is 56.1 Å². The van der Waals surface area contributed by atoms with Crippen LogP contribution >= 0.6 is 0 Å². The van der Waals surface area contributed by atoms with Gasteiger partial charge in [0, 0.05) is 98.2 Å². The van der Waals surface area contributed by atoms with Gasteiger partial charge in [0.05, 0.1) is 44.1 Å². The fraction of sp³-hybridized carbons (Fsp3) is 0.100. The Balaban J connectivity index is 0.0000000926. The van der Waals surface area contributed by atoms with Crippen molar-refractivity contribution in [3.05, 3.63) is 443 Å². The Hall–Kier alpha value is -15.2. The Morgan fingerprint density at radius 2 is 0.587 bits per heavy atom. The summed E-state index contributed by atoms with van der Waals surface area (Å²) < 4.78 is 21.4. The van der Waals surface area contributed by atoms with E-state index in [9.17, 15) is 0 Å². The molecule has 604 valence electrons. The van der Waals surface area contributed by atoms with Gasteiger partial charge < -0.3 is 27.1 Å². The van der Waals surface area contributed by atoms with Gasteiger partial charge in [-0.15, -0.1) is 0 Å². The molecule has 0 saturated heterocycles. The number of nitrogens with zero attached hydrogens (tertiary/aromatic N) is 4. The summed E-state index contributed by atoms with van der Waals surface area (Å²) in [5, 5.41) is 15.3. The number of rotatable bonds is 4. The first kappa shape index (κ1) is 75.7.